The number of nitrogens with zero attached hydrogens (tertiary/aromatic N) is 1. The molecule has 0 fully saturated rings. The number of ether oxygens (including phenoxy) is 1. The third-order valence-electron chi connectivity index (χ3n) is 3.96. The molecule has 3 heteroatoms. The number of esters is 1. The summed E-state index contributed by atoms with van der Waals surface area (Å²) in [5.74, 6) is -0.247. The molecule has 1 aliphatic rings. The molecule has 0 atom stereocenters. The number of benzene rings is 3. The van der Waals surface area contributed by atoms with Crippen LogP contribution in [-0.4, -0.2) is 5.97 Å². The first-order valence-corrected chi connectivity index (χ1v) is 7.53. The minimum absolute atomic E-state index is 0.247. The molecule has 0 aromatic heterocycles. The fraction of sp³-hybridized carbons (Fsp3) is 0.0500. The maximum Gasteiger partial charge on any atom is 0.338 e. The van der Waals surface area contributed by atoms with Crippen LogP contribution < -0.4 is 4.90 Å². The lowest BCUT2D eigenvalue weighted by Crippen LogP contribution is -2.10. The summed E-state index contributed by atoms with van der Waals surface area (Å²) in [6.45, 7) is 0.366. The molecule has 0 radical (unpaired) electrons. The van der Waals surface area contributed by atoms with Gasteiger partial charge in [0.25, 0.3) is 0 Å². The third-order valence-corrected chi connectivity index (χ3v) is 3.96. The molecular formula is C20H15NO2. The molecule has 0 unspecified atom stereocenters. The number of rotatable bonds is 3. The Hall–Kier alpha value is -3.07. The summed E-state index contributed by atoms with van der Waals surface area (Å²) in [7, 11) is 0. The number of anilines is 3. The lowest BCUT2D eigenvalue weighted by atomic mass is 10.1. The number of cyclic esters (lactones) is 1. The van der Waals surface area contributed by atoms with Crippen LogP contribution in [0.1, 0.15) is 15.9 Å². The summed E-state index contributed by atoms with van der Waals surface area (Å²) in [6, 6.07) is 26.1. The average molecular weight is 301 g/mol. The predicted octanol–water partition coefficient (Wildman–Crippen LogP) is 4.83. The quantitative estimate of drug-likeness (QED) is 0.649. The molecular weight excluding hydrogens is 286 g/mol. The number of carbonyl (C=O) groups excluding carboxylic acids is 1. The van der Waals surface area contributed by atoms with Gasteiger partial charge in [0.05, 0.1) is 5.56 Å². The Balaban J connectivity index is 1.86. The highest BCUT2D eigenvalue weighted by molar-refractivity contribution is 5.95. The highest BCUT2D eigenvalue weighted by Crippen LogP contribution is 2.36. The van der Waals surface area contributed by atoms with Crippen molar-refractivity contribution < 1.29 is 9.53 Å². The maximum atomic E-state index is 11.9. The van der Waals surface area contributed by atoms with E-state index in [1.165, 1.54) is 0 Å². The van der Waals surface area contributed by atoms with Gasteiger partial charge in [-0.05, 0) is 36.4 Å². The highest BCUT2D eigenvalue weighted by atomic mass is 16.5. The van der Waals surface area contributed by atoms with E-state index in [0.717, 1.165) is 22.6 Å². The van der Waals surface area contributed by atoms with E-state index in [0.29, 0.717) is 12.2 Å². The lowest BCUT2D eigenvalue weighted by Gasteiger charge is -2.25. The van der Waals surface area contributed by atoms with E-state index in [9.17, 15) is 4.79 Å². The number of carbonyl (C=O) groups is 1. The normalized spacial score (nSPS) is 12.6. The van der Waals surface area contributed by atoms with Crippen molar-refractivity contribution in [1.29, 1.82) is 0 Å². The molecule has 0 aliphatic carbocycles. The molecule has 3 aromatic rings. The van der Waals surface area contributed by atoms with Gasteiger partial charge in [-0.15, -0.1) is 0 Å². The van der Waals surface area contributed by atoms with Crippen LogP contribution in [0.2, 0.25) is 0 Å². The van der Waals surface area contributed by atoms with E-state index < -0.39 is 0 Å². The molecule has 3 aromatic carbocycles. The average Bonchev–Trinajstić information content (AvgIpc) is 2.98. The second-order valence-electron chi connectivity index (χ2n) is 5.42. The molecule has 112 valence electrons. The fourth-order valence-electron chi connectivity index (χ4n) is 2.84. The van der Waals surface area contributed by atoms with Gasteiger partial charge >= 0.3 is 5.97 Å². The van der Waals surface area contributed by atoms with Gasteiger partial charge in [0.2, 0.25) is 0 Å². The van der Waals surface area contributed by atoms with E-state index in [-0.39, 0.29) is 5.97 Å². The molecule has 4 rings (SSSR count). The molecule has 1 heterocycles. The van der Waals surface area contributed by atoms with Crippen LogP contribution in [0, 0.1) is 0 Å². The van der Waals surface area contributed by atoms with Gasteiger partial charge in [-0.25, -0.2) is 4.79 Å². The Morgan fingerprint density at radius 3 is 1.96 bits per heavy atom. The zero-order chi connectivity index (χ0) is 15.6. The summed E-state index contributed by atoms with van der Waals surface area (Å²) in [5.41, 5.74) is 4.63. The topological polar surface area (TPSA) is 29.5 Å². The van der Waals surface area contributed by atoms with Gasteiger partial charge in [-0.3, -0.25) is 0 Å². The van der Waals surface area contributed by atoms with E-state index in [4.69, 9.17) is 4.74 Å². The molecule has 0 spiro atoms. The van der Waals surface area contributed by atoms with Crippen molar-refractivity contribution in [2.45, 2.75) is 6.61 Å². The standard InChI is InChI=1S/C20H15NO2/c22-20-19-13-18(12-11-15(19)14-23-20)21(16-7-3-1-4-8-16)17-9-5-2-6-10-17/h1-13H,14H2. The Kier molecular flexibility index (Phi) is 3.31. The zero-order valence-corrected chi connectivity index (χ0v) is 12.5. The molecule has 0 saturated heterocycles. The second kappa shape index (κ2) is 5.61. The maximum absolute atomic E-state index is 11.9. The minimum atomic E-state index is -0.247. The van der Waals surface area contributed by atoms with E-state index in [1.54, 1.807) is 0 Å². The second-order valence-corrected chi connectivity index (χ2v) is 5.42. The summed E-state index contributed by atoms with van der Waals surface area (Å²) in [5, 5.41) is 0. The van der Waals surface area contributed by atoms with Crippen LogP contribution in [-0.2, 0) is 11.3 Å². The molecule has 0 saturated carbocycles. The summed E-state index contributed by atoms with van der Waals surface area (Å²) >= 11 is 0. The van der Waals surface area contributed by atoms with Crippen LogP contribution in [0.25, 0.3) is 0 Å². The number of hydrogen-bond acceptors (Lipinski definition) is 3. The first-order chi connectivity index (χ1) is 11.3. The van der Waals surface area contributed by atoms with Crippen molar-refractivity contribution in [3.8, 4) is 0 Å². The van der Waals surface area contributed by atoms with E-state index in [2.05, 4.69) is 29.2 Å². The van der Waals surface area contributed by atoms with Crippen molar-refractivity contribution >= 4 is 23.0 Å². The SMILES string of the molecule is O=C1OCc2ccc(N(c3ccccc3)c3ccccc3)cc21. The van der Waals surface area contributed by atoms with Gasteiger partial charge in [-0.2, -0.15) is 0 Å². The minimum Gasteiger partial charge on any atom is -0.457 e. The van der Waals surface area contributed by atoms with Crippen molar-refractivity contribution in [3.05, 3.63) is 90.0 Å². The van der Waals surface area contributed by atoms with Gasteiger partial charge in [0.1, 0.15) is 6.61 Å². The van der Waals surface area contributed by atoms with Gasteiger partial charge in [0, 0.05) is 22.6 Å². The first kappa shape index (κ1) is 13.6. The molecule has 0 N–H and O–H groups in total. The molecule has 1 aliphatic heterocycles. The van der Waals surface area contributed by atoms with Crippen molar-refractivity contribution in [1.82, 2.24) is 0 Å². The van der Waals surface area contributed by atoms with Gasteiger partial charge in [0.15, 0.2) is 0 Å². The Morgan fingerprint density at radius 2 is 1.35 bits per heavy atom. The summed E-state index contributed by atoms with van der Waals surface area (Å²) in [4.78, 5) is 14.0. The van der Waals surface area contributed by atoms with Crippen molar-refractivity contribution in [2.24, 2.45) is 0 Å². The largest absolute Gasteiger partial charge is 0.457 e. The van der Waals surface area contributed by atoms with Crippen LogP contribution >= 0.6 is 0 Å². The highest BCUT2D eigenvalue weighted by Gasteiger charge is 2.23. The van der Waals surface area contributed by atoms with Crippen LogP contribution in [0.15, 0.2) is 78.9 Å². The Labute approximate surface area is 134 Å². The van der Waals surface area contributed by atoms with Gasteiger partial charge in [-0.1, -0.05) is 42.5 Å². The van der Waals surface area contributed by atoms with Crippen molar-refractivity contribution in [3.63, 3.8) is 0 Å². The molecule has 23 heavy (non-hydrogen) atoms. The lowest BCUT2D eigenvalue weighted by molar-refractivity contribution is 0.0535. The summed E-state index contributed by atoms with van der Waals surface area (Å²) < 4.78 is 5.11. The number of fused-ring (bicyclic) bond motifs is 1. The Bertz CT molecular complexity index is 805. The van der Waals surface area contributed by atoms with Crippen LogP contribution in [0.3, 0.4) is 0 Å². The summed E-state index contributed by atoms with van der Waals surface area (Å²) in [6.07, 6.45) is 0. The molecule has 0 bridgehead atoms. The number of para-hydroxylation sites is 2. The van der Waals surface area contributed by atoms with Crippen molar-refractivity contribution in [2.75, 3.05) is 4.90 Å². The van der Waals surface area contributed by atoms with E-state index in [1.807, 2.05) is 54.6 Å². The Morgan fingerprint density at radius 1 is 0.739 bits per heavy atom. The smallest absolute Gasteiger partial charge is 0.338 e. The van der Waals surface area contributed by atoms with Crippen LogP contribution in [0.5, 0.6) is 0 Å². The third kappa shape index (κ3) is 2.46. The molecule has 3 nitrogen and oxygen atoms in total. The van der Waals surface area contributed by atoms with Crippen LogP contribution in [0.4, 0.5) is 17.1 Å². The fourth-order valence-corrected chi connectivity index (χ4v) is 2.84. The van der Waals surface area contributed by atoms with Gasteiger partial charge < -0.3 is 9.64 Å². The predicted molar refractivity (Wildman–Crippen MR) is 90.2 cm³/mol. The monoisotopic (exact) mass is 301 g/mol. The number of hydrogen-bond donors (Lipinski definition) is 0. The van der Waals surface area contributed by atoms with E-state index >= 15 is 0 Å². The first-order valence-electron chi connectivity index (χ1n) is 7.53. The molecule has 0 amide bonds. The zero-order valence-electron chi connectivity index (χ0n) is 12.5.